The van der Waals surface area contributed by atoms with Crippen LogP contribution in [0, 0.1) is 0 Å². The van der Waals surface area contributed by atoms with Crippen LogP contribution in [0.5, 0.6) is 17.2 Å². The summed E-state index contributed by atoms with van der Waals surface area (Å²) in [5.41, 5.74) is 1.14. The van der Waals surface area contributed by atoms with E-state index in [2.05, 4.69) is 0 Å². The summed E-state index contributed by atoms with van der Waals surface area (Å²) >= 11 is 0. The van der Waals surface area contributed by atoms with E-state index in [0.29, 0.717) is 47.9 Å². The van der Waals surface area contributed by atoms with Crippen LogP contribution < -0.4 is 14.2 Å². The monoisotopic (exact) mass is 452 g/mol. The van der Waals surface area contributed by atoms with Gasteiger partial charge in [0.1, 0.15) is 11.5 Å². The Hall–Kier alpha value is -3.52. The summed E-state index contributed by atoms with van der Waals surface area (Å²) in [6.45, 7) is 3.62. The maximum Gasteiger partial charge on any atom is 0.295 e. The fraction of sp³-hybridized carbons (Fsp3) is 0.360. The minimum Gasteiger partial charge on any atom is -0.507 e. The molecule has 4 rings (SSSR count). The number of carbonyl (C=O) groups is 2. The number of hydrogen-bond acceptors (Lipinski definition) is 7. The number of fused-ring (bicyclic) bond motifs is 1. The lowest BCUT2D eigenvalue weighted by Crippen LogP contribution is -2.32. The van der Waals surface area contributed by atoms with E-state index in [1.807, 2.05) is 50.2 Å². The maximum absolute atomic E-state index is 13.1. The van der Waals surface area contributed by atoms with E-state index in [4.69, 9.17) is 14.2 Å². The molecule has 0 aliphatic carbocycles. The first kappa shape index (κ1) is 22.7. The van der Waals surface area contributed by atoms with Gasteiger partial charge in [0.2, 0.25) is 6.79 Å². The molecular weight excluding hydrogens is 424 g/mol. The third kappa shape index (κ3) is 4.52. The number of rotatable bonds is 8. The Bertz CT molecular complexity index is 1090. The van der Waals surface area contributed by atoms with E-state index in [-0.39, 0.29) is 18.1 Å². The second-order valence-electron chi connectivity index (χ2n) is 8.22. The summed E-state index contributed by atoms with van der Waals surface area (Å²) < 4.78 is 16.4. The molecule has 2 aliphatic heterocycles. The molecular formula is C25H28N2O6. The minimum atomic E-state index is -0.724. The summed E-state index contributed by atoms with van der Waals surface area (Å²) in [5.74, 6) is 0.112. The molecule has 2 heterocycles. The molecule has 1 saturated heterocycles. The highest BCUT2D eigenvalue weighted by Gasteiger charge is 2.46. The Balaban J connectivity index is 1.79. The number of ketones is 1. The Morgan fingerprint density at radius 2 is 1.94 bits per heavy atom. The molecule has 8 heteroatoms. The molecule has 1 N–H and O–H groups in total. The predicted molar refractivity (Wildman–Crippen MR) is 122 cm³/mol. The molecule has 0 saturated carbocycles. The first-order valence-electron chi connectivity index (χ1n) is 11.0. The molecule has 0 bridgehead atoms. The maximum atomic E-state index is 13.1. The number of ether oxygens (including phenoxy) is 3. The van der Waals surface area contributed by atoms with Crippen LogP contribution in [0.4, 0.5) is 0 Å². The van der Waals surface area contributed by atoms with E-state index in [1.165, 1.54) is 4.90 Å². The van der Waals surface area contributed by atoms with Gasteiger partial charge in [0, 0.05) is 12.1 Å². The second-order valence-corrected chi connectivity index (χ2v) is 8.22. The first-order valence-corrected chi connectivity index (χ1v) is 11.0. The van der Waals surface area contributed by atoms with Crippen molar-refractivity contribution in [2.45, 2.75) is 19.4 Å². The van der Waals surface area contributed by atoms with Gasteiger partial charge in [0.15, 0.2) is 11.5 Å². The van der Waals surface area contributed by atoms with Gasteiger partial charge in [-0.3, -0.25) is 9.59 Å². The normalized spacial score (nSPS) is 18.9. The molecule has 2 aromatic carbocycles. The molecule has 0 spiro atoms. The molecule has 1 amide bonds. The zero-order valence-electron chi connectivity index (χ0n) is 19.0. The van der Waals surface area contributed by atoms with Crippen molar-refractivity contribution in [3.63, 3.8) is 0 Å². The van der Waals surface area contributed by atoms with Crippen molar-refractivity contribution >= 4 is 17.4 Å². The molecule has 174 valence electrons. The second kappa shape index (κ2) is 9.54. The molecule has 8 nitrogen and oxygen atoms in total. The van der Waals surface area contributed by atoms with Gasteiger partial charge in [-0.05, 0) is 69.9 Å². The van der Waals surface area contributed by atoms with Crippen molar-refractivity contribution in [3.8, 4) is 17.2 Å². The third-order valence-corrected chi connectivity index (χ3v) is 5.68. The fourth-order valence-corrected chi connectivity index (χ4v) is 4.15. The van der Waals surface area contributed by atoms with Crippen LogP contribution in [-0.2, 0) is 9.59 Å². The summed E-state index contributed by atoms with van der Waals surface area (Å²) in [7, 11) is 3.91. The molecule has 2 aromatic rings. The number of benzene rings is 2. The topological polar surface area (TPSA) is 88.5 Å². The van der Waals surface area contributed by atoms with Crippen molar-refractivity contribution in [3.05, 3.63) is 59.2 Å². The third-order valence-electron chi connectivity index (χ3n) is 5.68. The SMILES string of the molecule is CCOc1cccc(C2C(=C(O)c3ccc4c(c3)OCO4)C(=O)C(=O)N2CCCN(C)C)c1. The molecule has 0 aromatic heterocycles. The number of amides is 1. The fourth-order valence-electron chi connectivity index (χ4n) is 4.15. The lowest BCUT2D eigenvalue weighted by Gasteiger charge is -2.26. The lowest BCUT2D eigenvalue weighted by atomic mass is 9.95. The van der Waals surface area contributed by atoms with Gasteiger partial charge in [-0.25, -0.2) is 0 Å². The van der Waals surface area contributed by atoms with Crippen LogP contribution in [0.15, 0.2) is 48.0 Å². The number of Topliss-reactive ketones (excluding diaryl/α,β-unsaturated/α-hetero) is 1. The number of hydrogen-bond donors (Lipinski definition) is 1. The largest absolute Gasteiger partial charge is 0.507 e. The highest BCUT2D eigenvalue weighted by atomic mass is 16.7. The number of aliphatic hydroxyl groups is 1. The number of nitrogens with zero attached hydrogens (tertiary/aromatic N) is 2. The molecule has 0 radical (unpaired) electrons. The summed E-state index contributed by atoms with van der Waals surface area (Å²) in [4.78, 5) is 29.8. The van der Waals surface area contributed by atoms with Crippen LogP contribution in [0.2, 0.25) is 0 Å². The zero-order valence-corrected chi connectivity index (χ0v) is 19.0. The first-order chi connectivity index (χ1) is 15.9. The average Bonchev–Trinajstić information content (AvgIpc) is 3.36. The molecule has 33 heavy (non-hydrogen) atoms. The van der Waals surface area contributed by atoms with Crippen LogP contribution in [-0.4, -0.2) is 67.2 Å². The highest BCUT2D eigenvalue weighted by Crippen LogP contribution is 2.42. The van der Waals surface area contributed by atoms with Crippen LogP contribution >= 0.6 is 0 Å². The molecule has 1 unspecified atom stereocenters. The number of carbonyl (C=O) groups excluding carboxylic acids is 2. The van der Waals surface area contributed by atoms with Gasteiger partial charge in [-0.2, -0.15) is 0 Å². The molecule has 1 atom stereocenters. The van der Waals surface area contributed by atoms with Gasteiger partial charge in [-0.1, -0.05) is 12.1 Å². The van der Waals surface area contributed by atoms with E-state index in [9.17, 15) is 14.7 Å². The minimum absolute atomic E-state index is 0.0531. The van der Waals surface area contributed by atoms with Gasteiger partial charge in [-0.15, -0.1) is 0 Å². The van der Waals surface area contributed by atoms with E-state index in [0.717, 1.165) is 6.54 Å². The Labute approximate surface area is 193 Å². The van der Waals surface area contributed by atoms with Crippen molar-refractivity contribution in [1.82, 2.24) is 9.80 Å². The lowest BCUT2D eigenvalue weighted by molar-refractivity contribution is -0.139. The summed E-state index contributed by atoms with van der Waals surface area (Å²) in [6, 6.07) is 11.5. The van der Waals surface area contributed by atoms with Crippen molar-refractivity contribution in [2.24, 2.45) is 0 Å². The number of likely N-dealkylation sites (tertiary alicyclic amines) is 1. The van der Waals surface area contributed by atoms with Crippen LogP contribution in [0.3, 0.4) is 0 Å². The quantitative estimate of drug-likeness (QED) is 0.374. The summed E-state index contributed by atoms with van der Waals surface area (Å²) in [6.07, 6.45) is 0.686. The van der Waals surface area contributed by atoms with Gasteiger partial charge in [0.25, 0.3) is 11.7 Å². The van der Waals surface area contributed by atoms with Crippen molar-refractivity contribution < 1.29 is 28.9 Å². The predicted octanol–water partition coefficient (Wildman–Crippen LogP) is 3.19. The van der Waals surface area contributed by atoms with E-state index >= 15 is 0 Å². The van der Waals surface area contributed by atoms with Crippen molar-refractivity contribution in [2.75, 3.05) is 40.6 Å². The zero-order chi connectivity index (χ0) is 23.5. The van der Waals surface area contributed by atoms with Crippen molar-refractivity contribution in [1.29, 1.82) is 0 Å². The Kier molecular flexibility index (Phi) is 6.55. The number of aliphatic hydroxyl groups excluding tert-OH is 1. The smallest absolute Gasteiger partial charge is 0.295 e. The molecule has 1 fully saturated rings. The molecule has 2 aliphatic rings. The standard InChI is InChI=1S/C25H28N2O6/c1-4-31-18-8-5-7-16(13-18)22-21(24(29)25(30)27(22)12-6-11-26(2)3)23(28)17-9-10-19-20(14-17)33-15-32-19/h5,7-10,13-14,22,28H,4,6,11-12,15H2,1-3H3. The van der Waals surface area contributed by atoms with Crippen LogP contribution in [0.1, 0.15) is 30.5 Å². The van der Waals surface area contributed by atoms with Gasteiger partial charge in [0.05, 0.1) is 18.2 Å². The van der Waals surface area contributed by atoms with Gasteiger partial charge >= 0.3 is 0 Å². The summed E-state index contributed by atoms with van der Waals surface area (Å²) in [5, 5.41) is 11.2. The van der Waals surface area contributed by atoms with E-state index in [1.54, 1.807) is 18.2 Å². The average molecular weight is 453 g/mol. The Morgan fingerprint density at radius 1 is 1.15 bits per heavy atom. The highest BCUT2D eigenvalue weighted by molar-refractivity contribution is 6.46. The Morgan fingerprint density at radius 3 is 2.70 bits per heavy atom. The van der Waals surface area contributed by atoms with Crippen LogP contribution in [0.25, 0.3) is 5.76 Å². The van der Waals surface area contributed by atoms with E-state index < -0.39 is 17.7 Å². The van der Waals surface area contributed by atoms with Gasteiger partial charge < -0.3 is 29.1 Å².